The number of hydrogen-bond donors (Lipinski definition) is 2. The van der Waals surface area contributed by atoms with Crippen molar-refractivity contribution in [2.75, 3.05) is 6.54 Å². The molecule has 0 aromatic heterocycles. The highest BCUT2D eigenvalue weighted by Crippen LogP contribution is 2.35. The summed E-state index contributed by atoms with van der Waals surface area (Å²) in [5.41, 5.74) is 5.84. The average molecular weight is 195 g/mol. The van der Waals surface area contributed by atoms with Gasteiger partial charge in [-0.2, -0.15) is 0 Å². The second-order valence-corrected chi connectivity index (χ2v) is 3.95. The molecule has 1 atom stereocenters. The van der Waals surface area contributed by atoms with E-state index in [9.17, 15) is 9.50 Å². The lowest BCUT2D eigenvalue weighted by atomic mass is 9.81. The van der Waals surface area contributed by atoms with Gasteiger partial charge < -0.3 is 10.8 Å². The highest BCUT2D eigenvalue weighted by atomic mass is 19.1. The van der Waals surface area contributed by atoms with Gasteiger partial charge in [0, 0.05) is 18.5 Å². The molecule has 0 heterocycles. The van der Waals surface area contributed by atoms with Crippen LogP contribution >= 0.6 is 0 Å². The first-order valence-electron chi connectivity index (χ1n) is 4.83. The van der Waals surface area contributed by atoms with Crippen molar-refractivity contribution >= 4 is 0 Å². The Morgan fingerprint density at radius 3 is 3.00 bits per heavy atom. The Kier molecular flexibility index (Phi) is 2.19. The highest BCUT2D eigenvalue weighted by molar-refractivity contribution is 5.42. The molecule has 1 aliphatic carbocycles. The number of hydrogen-bond acceptors (Lipinski definition) is 2. The Labute approximate surface area is 82.5 Å². The van der Waals surface area contributed by atoms with E-state index in [0.29, 0.717) is 12.8 Å². The molecular formula is C11H14FNO. The third kappa shape index (κ3) is 1.48. The lowest BCUT2D eigenvalue weighted by Gasteiger charge is -2.30. The molecule has 0 fully saturated rings. The molecule has 1 unspecified atom stereocenters. The zero-order chi connectivity index (χ0) is 10.2. The Hall–Kier alpha value is -1.09. The first-order valence-corrected chi connectivity index (χ1v) is 4.83. The lowest BCUT2D eigenvalue weighted by Crippen LogP contribution is -2.38. The molecule has 76 valence electrons. The molecule has 0 saturated heterocycles. The van der Waals surface area contributed by atoms with Crippen LogP contribution < -0.4 is 5.73 Å². The smallest absolute Gasteiger partial charge is 0.127 e. The molecule has 0 aliphatic heterocycles. The van der Waals surface area contributed by atoms with Gasteiger partial charge in [-0.3, -0.25) is 0 Å². The summed E-state index contributed by atoms with van der Waals surface area (Å²) in [5, 5.41) is 9.58. The van der Waals surface area contributed by atoms with E-state index in [0.717, 1.165) is 11.1 Å². The van der Waals surface area contributed by atoms with Gasteiger partial charge in [0.1, 0.15) is 11.4 Å². The molecule has 0 radical (unpaired) electrons. The summed E-state index contributed by atoms with van der Waals surface area (Å²) >= 11 is 0. The second kappa shape index (κ2) is 3.24. The zero-order valence-electron chi connectivity index (χ0n) is 7.96. The predicted octanol–water partition coefficient (Wildman–Crippen LogP) is 1.55. The molecule has 0 saturated carbocycles. The van der Waals surface area contributed by atoms with Crippen LogP contribution in [0.3, 0.4) is 0 Å². The molecule has 1 aliphatic rings. The van der Waals surface area contributed by atoms with Crippen molar-refractivity contribution in [3.63, 3.8) is 0 Å². The van der Waals surface area contributed by atoms with E-state index in [2.05, 4.69) is 0 Å². The van der Waals surface area contributed by atoms with Crippen molar-refractivity contribution in [2.45, 2.75) is 24.9 Å². The van der Waals surface area contributed by atoms with Gasteiger partial charge in [-0.05, 0) is 24.5 Å². The molecule has 1 aromatic carbocycles. The maximum Gasteiger partial charge on any atom is 0.127 e. The topological polar surface area (TPSA) is 46.2 Å². The maximum atomic E-state index is 13.9. The number of halogens is 1. The van der Waals surface area contributed by atoms with Crippen LogP contribution in [0.25, 0.3) is 0 Å². The van der Waals surface area contributed by atoms with Crippen molar-refractivity contribution in [3.05, 3.63) is 29.3 Å². The van der Waals surface area contributed by atoms with Crippen molar-refractivity contribution in [1.82, 2.24) is 0 Å². The van der Waals surface area contributed by atoms with Crippen LogP contribution in [0.2, 0.25) is 0 Å². The molecule has 0 amide bonds. The van der Waals surface area contributed by atoms with E-state index in [4.69, 9.17) is 5.73 Å². The summed E-state index contributed by atoms with van der Waals surface area (Å²) < 4.78 is 13.9. The number of alkyl halides is 1. The van der Waals surface area contributed by atoms with Gasteiger partial charge in [0.2, 0.25) is 0 Å². The summed E-state index contributed by atoms with van der Waals surface area (Å²) in [4.78, 5) is 0. The van der Waals surface area contributed by atoms with Gasteiger partial charge in [-0.15, -0.1) is 0 Å². The number of aromatic hydroxyl groups is 1. The minimum Gasteiger partial charge on any atom is -0.508 e. The van der Waals surface area contributed by atoms with Crippen molar-refractivity contribution < 1.29 is 9.50 Å². The van der Waals surface area contributed by atoms with Gasteiger partial charge >= 0.3 is 0 Å². The predicted molar refractivity (Wildman–Crippen MR) is 53.0 cm³/mol. The Morgan fingerprint density at radius 2 is 2.29 bits per heavy atom. The molecule has 3 heteroatoms. The van der Waals surface area contributed by atoms with E-state index < -0.39 is 5.67 Å². The summed E-state index contributed by atoms with van der Waals surface area (Å²) in [5.74, 6) is 0.192. The Morgan fingerprint density at radius 1 is 1.50 bits per heavy atom. The van der Waals surface area contributed by atoms with Gasteiger partial charge in [0.25, 0.3) is 0 Å². The standard InChI is InChI=1S/C11H14FNO/c12-11(7-13)5-4-8-2-1-3-10(14)9(8)6-11/h1-3,14H,4-7,13H2. The Balaban J connectivity index is 2.38. The number of phenolic OH excluding ortho intramolecular Hbond substituents is 1. The molecular weight excluding hydrogens is 181 g/mol. The quantitative estimate of drug-likeness (QED) is 0.714. The lowest BCUT2D eigenvalue weighted by molar-refractivity contribution is 0.150. The maximum absolute atomic E-state index is 13.9. The van der Waals surface area contributed by atoms with E-state index in [-0.39, 0.29) is 18.7 Å². The van der Waals surface area contributed by atoms with Gasteiger partial charge in [0.05, 0.1) is 0 Å². The van der Waals surface area contributed by atoms with Crippen LogP contribution in [-0.4, -0.2) is 17.3 Å². The molecule has 1 aromatic rings. The van der Waals surface area contributed by atoms with Crippen molar-refractivity contribution in [1.29, 1.82) is 0 Å². The number of fused-ring (bicyclic) bond motifs is 1. The average Bonchev–Trinajstić information content (AvgIpc) is 2.20. The van der Waals surface area contributed by atoms with Gasteiger partial charge in [-0.25, -0.2) is 4.39 Å². The largest absolute Gasteiger partial charge is 0.508 e. The van der Waals surface area contributed by atoms with Crippen LogP contribution in [0, 0.1) is 0 Å². The van der Waals surface area contributed by atoms with E-state index in [1.807, 2.05) is 6.07 Å². The fourth-order valence-electron chi connectivity index (χ4n) is 2.00. The zero-order valence-corrected chi connectivity index (χ0v) is 7.96. The van der Waals surface area contributed by atoms with Gasteiger partial charge in [-0.1, -0.05) is 12.1 Å². The van der Waals surface area contributed by atoms with Crippen molar-refractivity contribution in [3.8, 4) is 5.75 Å². The third-order valence-electron chi connectivity index (χ3n) is 2.95. The molecule has 0 spiro atoms. The van der Waals surface area contributed by atoms with Gasteiger partial charge in [0.15, 0.2) is 0 Å². The van der Waals surface area contributed by atoms with Crippen LogP contribution in [0.1, 0.15) is 17.5 Å². The van der Waals surface area contributed by atoms with Crippen molar-refractivity contribution in [2.24, 2.45) is 5.73 Å². The highest BCUT2D eigenvalue weighted by Gasteiger charge is 2.34. The summed E-state index contributed by atoms with van der Waals surface area (Å²) in [7, 11) is 0. The summed E-state index contributed by atoms with van der Waals surface area (Å²) in [6.45, 7) is 0.0285. The number of aryl methyl sites for hydroxylation is 1. The second-order valence-electron chi connectivity index (χ2n) is 3.95. The number of rotatable bonds is 1. The summed E-state index contributed by atoms with van der Waals surface area (Å²) in [6, 6.07) is 5.33. The van der Waals surface area contributed by atoms with Crippen LogP contribution in [0.4, 0.5) is 4.39 Å². The first kappa shape index (κ1) is 9.46. The molecule has 14 heavy (non-hydrogen) atoms. The van der Waals surface area contributed by atoms with E-state index >= 15 is 0 Å². The summed E-state index contributed by atoms with van der Waals surface area (Å²) in [6.07, 6.45) is 1.36. The first-order chi connectivity index (χ1) is 6.64. The Bertz CT molecular complexity index is 353. The van der Waals surface area contributed by atoms with E-state index in [1.165, 1.54) is 0 Å². The molecule has 2 nitrogen and oxygen atoms in total. The van der Waals surface area contributed by atoms with E-state index in [1.54, 1.807) is 12.1 Å². The molecule has 0 bridgehead atoms. The fourth-order valence-corrected chi connectivity index (χ4v) is 2.00. The van der Waals surface area contributed by atoms with Crippen LogP contribution in [-0.2, 0) is 12.8 Å². The number of phenols is 1. The normalized spacial score (nSPS) is 25.9. The fraction of sp³-hybridized carbons (Fsp3) is 0.455. The molecule has 3 N–H and O–H groups in total. The monoisotopic (exact) mass is 195 g/mol. The third-order valence-corrected chi connectivity index (χ3v) is 2.95. The molecule has 2 rings (SSSR count). The minimum atomic E-state index is -1.33. The number of nitrogens with two attached hydrogens (primary N) is 1. The van der Waals surface area contributed by atoms with Crippen LogP contribution in [0.5, 0.6) is 5.75 Å². The number of benzene rings is 1. The minimum absolute atomic E-state index is 0.0285. The van der Waals surface area contributed by atoms with Crippen LogP contribution in [0.15, 0.2) is 18.2 Å². The SMILES string of the molecule is NCC1(F)CCc2cccc(O)c2C1.